The molecule has 2 aliphatic rings. The zero-order chi connectivity index (χ0) is 13.1. The number of amides is 2. The number of hydroxylamine groups is 2. The Bertz CT molecular complexity index is 323. The van der Waals surface area contributed by atoms with Crippen LogP contribution in [-0.2, 0) is 19.2 Å². The molecule has 2 fully saturated rings. The molecule has 2 rings (SSSR count). The standard InChI is InChI=1S/C13H21NO4/c1-9(2)7-10-8-11(15)14(13(10)16)18-12-5-3-4-6-17-12/h9-10,12H,3-8H2,1-2H3/t10-,12?/m1/s1. The lowest BCUT2D eigenvalue weighted by Crippen LogP contribution is -2.37. The van der Waals surface area contributed by atoms with Gasteiger partial charge in [0, 0.05) is 25.4 Å². The molecule has 0 saturated carbocycles. The molecule has 2 heterocycles. The van der Waals surface area contributed by atoms with Crippen LogP contribution in [0.15, 0.2) is 0 Å². The highest BCUT2D eigenvalue weighted by Gasteiger charge is 2.41. The Balaban J connectivity index is 1.91. The van der Waals surface area contributed by atoms with E-state index in [4.69, 9.17) is 9.57 Å². The first kappa shape index (κ1) is 13.5. The maximum atomic E-state index is 12.0. The molecule has 2 amide bonds. The number of imide groups is 1. The Morgan fingerprint density at radius 2 is 2.17 bits per heavy atom. The molecule has 5 heteroatoms. The van der Waals surface area contributed by atoms with E-state index in [1.807, 2.05) is 13.8 Å². The molecule has 0 aromatic carbocycles. The van der Waals surface area contributed by atoms with Crippen LogP contribution in [0.1, 0.15) is 46.0 Å². The first-order chi connectivity index (χ1) is 8.58. The van der Waals surface area contributed by atoms with E-state index in [1.54, 1.807) is 0 Å². The quantitative estimate of drug-likeness (QED) is 0.720. The number of nitrogens with zero attached hydrogens (tertiary/aromatic N) is 1. The Morgan fingerprint density at radius 3 is 2.78 bits per heavy atom. The molecule has 0 aliphatic carbocycles. The summed E-state index contributed by atoms with van der Waals surface area (Å²) in [6.45, 7) is 4.73. The normalized spacial score (nSPS) is 29.4. The molecule has 5 nitrogen and oxygen atoms in total. The second-order valence-corrected chi connectivity index (χ2v) is 5.46. The van der Waals surface area contributed by atoms with Crippen molar-refractivity contribution in [2.24, 2.45) is 11.8 Å². The molecular formula is C13H21NO4. The first-order valence-electron chi connectivity index (χ1n) is 6.73. The monoisotopic (exact) mass is 255 g/mol. The van der Waals surface area contributed by atoms with E-state index >= 15 is 0 Å². The first-order valence-corrected chi connectivity index (χ1v) is 6.73. The highest BCUT2D eigenvalue weighted by molar-refractivity contribution is 6.02. The van der Waals surface area contributed by atoms with E-state index in [1.165, 1.54) is 0 Å². The zero-order valence-corrected chi connectivity index (χ0v) is 11.1. The average Bonchev–Trinajstić information content (AvgIpc) is 2.58. The second-order valence-electron chi connectivity index (χ2n) is 5.46. The van der Waals surface area contributed by atoms with Gasteiger partial charge in [-0.3, -0.25) is 9.59 Å². The molecule has 0 aromatic heterocycles. The summed E-state index contributed by atoms with van der Waals surface area (Å²) >= 11 is 0. The van der Waals surface area contributed by atoms with Crippen LogP contribution in [0, 0.1) is 11.8 Å². The third-order valence-corrected chi connectivity index (χ3v) is 3.31. The summed E-state index contributed by atoms with van der Waals surface area (Å²) in [5.41, 5.74) is 0. The van der Waals surface area contributed by atoms with Gasteiger partial charge in [0.25, 0.3) is 11.8 Å². The van der Waals surface area contributed by atoms with Gasteiger partial charge in [-0.2, -0.15) is 5.06 Å². The molecule has 0 aromatic rings. The largest absolute Gasteiger partial charge is 0.350 e. The van der Waals surface area contributed by atoms with Crippen molar-refractivity contribution < 1.29 is 19.2 Å². The smallest absolute Gasteiger partial charge is 0.257 e. The van der Waals surface area contributed by atoms with Crippen molar-refractivity contribution in [3.8, 4) is 0 Å². The molecule has 2 aliphatic heterocycles. The fourth-order valence-electron chi connectivity index (χ4n) is 2.45. The van der Waals surface area contributed by atoms with Crippen molar-refractivity contribution >= 4 is 11.8 Å². The summed E-state index contributed by atoms with van der Waals surface area (Å²) in [7, 11) is 0. The number of hydrogen-bond acceptors (Lipinski definition) is 4. The van der Waals surface area contributed by atoms with Gasteiger partial charge in [0.05, 0.1) is 0 Å². The molecule has 0 spiro atoms. The van der Waals surface area contributed by atoms with E-state index in [0.29, 0.717) is 12.5 Å². The Kier molecular flexibility index (Phi) is 4.35. The molecule has 0 N–H and O–H groups in total. The minimum atomic E-state index is -0.440. The van der Waals surface area contributed by atoms with Gasteiger partial charge >= 0.3 is 0 Å². The minimum absolute atomic E-state index is 0.206. The van der Waals surface area contributed by atoms with Crippen molar-refractivity contribution in [1.82, 2.24) is 5.06 Å². The van der Waals surface area contributed by atoms with E-state index in [2.05, 4.69) is 0 Å². The summed E-state index contributed by atoms with van der Waals surface area (Å²) in [5.74, 6) is -0.263. The summed E-state index contributed by atoms with van der Waals surface area (Å²) in [4.78, 5) is 29.2. The number of rotatable bonds is 4. The van der Waals surface area contributed by atoms with Gasteiger partial charge in [0.15, 0.2) is 6.29 Å². The van der Waals surface area contributed by atoms with E-state index in [9.17, 15) is 9.59 Å². The SMILES string of the molecule is CC(C)C[C@@H]1CC(=O)N(OC2CCCCO2)C1=O. The lowest BCUT2D eigenvalue weighted by molar-refractivity contribution is -0.267. The maximum absolute atomic E-state index is 12.0. The molecule has 0 radical (unpaired) electrons. The van der Waals surface area contributed by atoms with Gasteiger partial charge in [-0.25, -0.2) is 4.84 Å². The Hall–Kier alpha value is -0.940. The van der Waals surface area contributed by atoms with Crippen LogP contribution in [0.3, 0.4) is 0 Å². The van der Waals surface area contributed by atoms with Crippen molar-refractivity contribution in [3.05, 3.63) is 0 Å². The minimum Gasteiger partial charge on any atom is -0.350 e. The predicted molar refractivity (Wildman–Crippen MR) is 64.1 cm³/mol. The molecule has 2 atom stereocenters. The van der Waals surface area contributed by atoms with Crippen LogP contribution in [0.25, 0.3) is 0 Å². The number of hydrogen-bond donors (Lipinski definition) is 0. The Labute approximate surface area is 107 Å². The summed E-state index contributed by atoms with van der Waals surface area (Å²) < 4.78 is 5.38. The van der Waals surface area contributed by atoms with E-state index in [-0.39, 0.29) is 24.2 Å². The van der Waals surface area contributed by atoms with Crippen molar-refractivity contribution in [2.45, 2.75) is 52.2 Å². The Morgan fingerprint density at radius 1 is 1.39 bits per heavy atom. The summed E-state index contributed by atoms with van der Waals surface area (Å²) in [6.07, 6.45) is 3.32. The fraction of sp³-hybridized carbons (Fsp3) is 0.846. The molecule has 1 unspecified atom stereocenters. The molecule has 18 heavy (non-hydrogen) atoms. The van der Waals surface area contributed by atoms with Crippen molar-refractivity contribution in [1.29, 1.82) is 0 Å². The van der Waals surface area contributed by atoms with Gasteiger partial charge < -0.3 is 4.74 Å². The van der Waals surface area contributed by atoms with Crippen LogP contribution in [0.2, 0.25) is 0 Å². The highest BCUT2D eigenvalue weighted by atomic mass is 16.8. The van der Waals surface area contributed by atoms with Crippen molar-refractivity contribution in [2.75, 3.05) is 6.61 Å². The summed E-state index contributed by atoms with van der Waals surface area (Å²) in [5, 5.41) is 0.934. The second kappa shape index (κ2) is 5.80. The predicted octanol–water partition coefficient (Wildman–Crippen LogP) is 1.87. The molecule has 102 valence electrons. The van der Waals surface area contributed by atoms with Crippen LogP contribution < -0.4 is 0 Å². The maximum Gasteiger partial charge on any atom is 0.257 e. The van der Waals surface area contributed by atoms with E-state index in [0.717, 1.165) is 30.7 Å². The van der Waals surface area contributed by atoms with E-state index < -0.39 is 6.29 Å². The number of carbonyl (C=O) groups excluding carboxylic acids is 2. The zero-order valence-electron chi connectivity index (χ0n) is 11.1. The number of ether oxygens (including phenoxy) is 1. The average molecular weight is 255 g/mol. The van der Waals surface area contributed by atoms with Crippen LogP contribution in [0.5, 0.6) is 0 Å². The van der Waals surface area contributed by atoms with Crippen LogP contribution in [0.4, 0.5) is 0 Å². The molecular weight excluding hydrogens is 234 g/mol. The third-order valence-electron chi connectivity index (χ3n) is 3.31. The molecule has 0 bridgehead atoms. The lowest BCUT2D eigenvalue weighted by atomic mass is 9.96. The lowest BCUT2D eigenvalue weighted by Gasteiger charge is -2.25. The van der Waals surface area contributed by atoms with Gasteiger partial charge in [-0.1, -0.05) is 13.8 Å². The fourth-order valence-corrected chi connectivity index (χ4v) is 2.45. The highest BCUT2D eigenvalue weighted by Crippen LogP contribution is 2.27. The summed E-state index contributed by atoms with van der Waals surface area (Å²) in [6, 6.07) is 0. The van der Waals surface area contributed by atoms with Gasteiger partial charge in [-0.15, -0.1) is 0 Å². The van der Waals surface area contributed by atoms with Gasteiger partial charge in [0.2, 0.25) is 0 Å². The topological polar surface area (TPSA) is 55.8 Å². The third kappa shape index (κ3) is 3.09. The molecule has 2 saturated heterocycles. The van der Waals surface area contributed by atoms with Crippen LogP contribution >= 0.6 is 0 Å². The van der Waals surface area contributed by atoms with Gasteiger partial charge in [-0.05, 0) is 25.2 Å². The van der Waals surface area contributed by atoms with Gasteiger partial charge in [0.1, 0.15) is 0 Å². The number of carbonyl (C=O) groups is 2. The van der Waals surface area contributed by atoms with Crippen molar-refractivity contribution in [3.63, 3.8) is 0 Å². The van der Waals surface area contributed by atoms with Crippen LogP contribution in [-0.4, -0.2) is 29.8 Å².